The van der Waals surface area contributed by atoms with E-state index in [1.54, 1.807) is 30.3 Å². The molecule has 1 N–H and O–H groups in total. The van der Waals surface area contributed by atoms with Crippen LogP contribution in [0.3, 0.4) is 0 Å². The highest BCUT2D eigenvalue weighted by Gasteiger charge is 2.62. The summed E-state index contributed by atoms with van der Waals surface area (Å²) in [6, 6.07) is 8.19. The number of aliphatic hydroxyl groups is 1. The van der Waals surface area contributed by atoms with E-state index in [1.807, 2.05) is 0 Å². The zero-order valence-corrected chi connectivity index (χ0v) is 14.8. The topological polar surface area (TPSA) is 49.8 Å². The van der Waals surface area contributed by atoms with Crippen molar-refractivity contribution >= 4 is 5.91 Å². The minimum Gasteiger partial charge on any atom is -0.384 e. The summed E-state index contributed by atoms with van der Waals surface area (Å²) in [6.45, 7) is 1.23. The van der Waals surface area contributed by atoms with Gasteiger partial charge in [-0.05, 0) is 12.5 Å². The second-order valence-electron chi connectivity index (χ2n) is 6.67. The number of nitrogens with zero attached hydrogens (tertiary/aromatic N) is 1. The van der Waals surface area contributed by atoms with Gasteiger partial charge in [0.05, 0.1) is 23.1 Å². The molecule has 27 heavy (non-hydrogen) atoms. The summed E-state index contributed by atoms with van der Waals surface area (Å²) in [5.41, 5.74) is -5.62. The molecule has 4 nitrogen and oxygen atoms in total. The summed E-state index contributed by atoms with van der Waals surface area (Å²) in [5.74, 6) is -9.03. The quantitative estimate of drug-likeness (QED) is 0.502. The Hall–Kier alpha value is -2.45. The first-order valence-electron chi connectivity index (χ1n) is 8.04. The number of carbonyl (C=O) groups excluding carboxylic acids is 1. The number of halogens is 4. The fourth-order valence-electron chi connectivity index (χ4n) is 3.77. The number of amides is 1. The van der Waals surface area contributed by atoms with Gasteiger partial charge < -0.3 is 14.7 Å². The predicted octanol–water partition coefficient (Wildman–Crippen LogP) is 3.08. The maximum atomic E-state index is 14.7. The number of rotatable bonds is 4. The van der Waals surface area contributed by atoms with Gasteiger partial charge in [-0.1, -0.05) is 30.3 Å². The number of hydrogen-bond acceptors (Lipinski definition) is 3. The molecular formula is C19H17F4NO3. The average molecular weight is 383 g/mol. The van der Waals surface area contributed by atoms with E-state index in [0.717, 1.165) is 7.05 Å². The van der Waals surface area contributed by atoms with Crippen molar-refractivity contribution in [2.75, 3.05) is 20.8 Å². The van der Waals surface area contributed by atoms with Crippen LogP contribution in [0.5, 0.6) is 0 Å². The van der Waals surface area contributed by atoms with Gasteiger partial charge in [0.2, 0.25) is 0 Å². The maximum Gasteiger partial charge on any atom is 0.259 e. The maximum absolute atomic E-state index is 14.7. The van der Waals surface area contributed by atoms with Gasteiger partial charge in [0.1, 0.15) is 0 Å². The lowest BCUT2D eigenvalue weighted by atomic mass is 9.70. The van der Waals surface area contributed by atoms with Gasteiger partial charge in [-0.3, -0.25) is 4.79 Å². The molecule has 2 unspecified atom stereocenters. The molecule has 1 amide bonds. The van der Waals surface area contributed by atoms with Crippen LogP contribution < -0.4 is 0 Å². The summed E-state index contributed by atoms with van der Waals surface area (Å²) < 4.78 is 61.9. The van der Waals surface area contributed by atoms with Crippen molar-refractivity contribution in [3.8, 4) is 0 Å². The molecule has 0 saturated heterocycles. The van der Waals surface area contributed by atoms with Crippen molar-refractivity contribution in [1.29, 1.82) is 0 Å². The molecule has 0 radical (unpaired) electrons. The number of hydrogen-bond donors (Lipinski definition) is 1. The Bertz CT molecular complexity index is 921. The number of ether oxygens (including phenoxy) is 1. The largest absolute Gasteiger partial charge is 0.384 e. The van der Waals surface area contributed by atoms with Gasteiger partial charge in [-0.25, -0.2) is 17.6 Å². The first kappa shape index (κ1) is 19.3. The molecule has 1 aliphatic rings. The van der Waals surface area contributed by atoms with Crippen molar-refractivity contribution in [3.05, 3.63) is 70.3 Å². The third kappa shape index (κ3) is 2.33. The third-order valence-electron chi connectivity index (χ3n) is 5.23. The van der Waals surface area contributed by atoms with Crippen LogP contribution in [-0.2, 0) is 15.9 Å². The van der Waals surface area contributed by atoms with Crippen LogP contribution in [0.4, 0.5) is 17.6 Å². The van der Waals surface area contributed by atoms with E-state index < -0.39 is 51.4 Å². The fraction of sp³-hybridized carbons (Fsp3) is 0.316. The second-order valence-corrected chi connectivity index (χ2v) is 6.67. The molecule has 0 bridgehead atoms. The number of likely N-dealkylation sites (N-methyl/N-ethyl adjacent to an activating group) is 1. The Morgan fingerprint density at radius 2 is 1.63 bits per heavy atom. The summed E-state index contributed by atoms with van der Waals surface area (Å²) >= 11 is 0. The number of benzene rings is 2. The minimum absolute atomic E-state index is 0.232. The van der Waals surface area contributed by atoms with E-state index in [2.05, 4.69) is 0 Å². The van der Waals surface area contributed by atoms with E-state index in [-0.39, 0.29) is 6.61 Å². The van der Waals surface area contributed by atoms with Gasteiger partial charge in [0, 0.05) is 14.2 Å². The summed E-state index contributed by atoms with van der Waals surface area (Å²) in [6.07, 6.45) is 0. The Balaban J connectivity index is 2.42. The molecule has 8 heteroatoms. The molecule has 1 aliphatic heterocycles. The van der Waals surface area contributed by atoms with Gasteiger partial charge in [0.25, 0.3) is 5.91 Å². The zero-order valence-electron chi connectivity index (χ0n) is 14.8. The van der Waals surface area contributed by atoms with Crippen LogP contribution >= 0.6 is 0 Å². The minimum atomic E-state index is -2.53. The molecule has 0 aliphatic carbocycles. The highest BCUT2D eigenvalue weighted by molar-refractivity contribution is 6.00. The summed E-state index contributed by atoms with van der Waals surface area (Å²) in [7, 11) is 2.43. The molecule has 3 rings (SSSR count). The summed E-state index contributed by atoms with van der Waals surface area (Å²) in [5, 5.41) is 11.5. The Morgan fingerprint density at radius 3 is 2.19 bits per heavy atom. The number of carbonyl (C=O) groups is 1. The fourth-order valence-corrected chi connectivity index (χ4v) is 3.77. The molecule has 0 spiro atoms. The van der Waals surface area contributed by atoms with Crippen LogP contribution in [0, 0.1) is 23.3 Å². The molecule has 0 saturated carbocycles. The lowest BCUT2D eigenvalue weighted by molar-refractivity contribution is -0.148. The van der Waals surface area contributed by atoms with Crippen LogP contribution in [0.25, 0.3) is 0 Å². The number of methoxy groups -OCH3 is 1. The van der Waals surface area contributed by atoms with E-state index >= 15 is 0 Å². The van der Waals surface area contributed by atoms with Crippen LogP contribution in [0.2, 0.25) is 0 Å². The molecule has 0 aromatic heterocycles. The van der Waals surface area contributed by atoms with Gasteiger partial charge in [-0.15, -0.1) is 0 Å². The average Bonchev–Trinajstić information content (AvgIpc) is 2.88. The van der Waals surface area contributed by atoms with E-state index in [0.29, 0.717) is 10.5 Å². The first-order valence-corrected chi connectivity index (χ1v) is 8.04. The van der Waals surface area contributed by atoms with Crippen molar-refractivity contribution in [3.63, 3.8) is 0 Å². The molecule has 0 fully saturated rings. The van der Waals surface area contributed by atoms with Crippen molar-refractivity contribution in [1.82, 2.24) is 4.90 Å². The first-order chi connectivity index (χ1) is 12.6. The Morgan fingerprint density at radius 1 is 1.07 bits per heavy atom. The molecule has 2 atom stereocenters. The van der Waals surface area contributed by atoms with E-state index in [1.165, 1.54) is 14.0 Å². The number of fused-ring (bicyclic) bond motifs is 1. The van der Waals surface area contributed by atoms with Crippen molar-refractivity contribution in [2.24, 2.45) is 0 Å². The molecule has 1 heterocycles. The van der Waals surface area contributed by atoms with Crippen molar-refractivity contribution < 1.29 is 32.2 Å². The lowest BCUT2D eigenvalue weighted by Crippen LogP contribution is -2.58. The van der Waals surface area contributed by atoms with E-state index in [9.17, 15) is 27.5 Å². The highest BCUT2D eigenvalue weighted by atomic mass is 19.2. The van der Waals surface area contributed by atoms with Crippen molar-refractivity contribution in [2.45, 2.75) is 18.1 Å². The monoisotopic (exact) mass is 383 g/mol. The second kappa shape index (κ2) is 6.31. The molecular weight excluding hydrogens is 366 g/mol. The van der Waals surface area contributed by atoms with Gasteiger partial charge in [0.15, 0.2) is 29.0 Å². The van der Waals surface area contributed by atoms with Crippen LogP contribution in [-0.4, -0.2) is 36.7 Å². The third-order valence-corrected chi connectivity index (χ3v) is 5.23. The normalized spacial score (nSPS) is 21.3. The Kier molecular flexibility index (Phi) is 4.52. The van der Waals surface area contributed by atoms with Crippen LogP contribution in [0.15, 0.2) is 30.3 Å². The highest BCUT2D eigenvalue weighted by Crippen LogP contribution is 2.51. The smallest absolute Gasteiger partial charge is 0.259 e. The molecule has 2 aromatic carbocycles. The standard InChI is InChI=1S/C19H17F4NO3/c1-18(9-27-3,10-7-5-4-6-8-10)19(26)12-11(17(25)24(19)2)13(20)15(22)16(23)14(12)21/h4-8,26H,9H2,1-3H3. The SMILES string of the molecule is COCC(C)(c1ccccc1)C1(O)c2c(F)c(F)c(F)c(F)c2C(=O)N1C. The predicted molar refractivity (Wildman–Crippen MR) is 87.9 cm³/mol. The van der Waals surface area contributed by atoms with Crippen LogP contribution in [0.1, 0.15) is 28.4 Å². The van der Waals surface area contributed by atoms with Gasteiger partial charge >= 0.3 is 0 Å². The molecule has 144 valence electrons. The molecule has 2 aromatic rings. The zero-order chi connectivity index (χ0) is 20.1. The van der Waals surface area contributed by atoms with E-state index in [4.69, 9.17) is 4.74 Å². The van der Waals surface area contributed by atoms with Gasteiger partial charge in [-0.2, -0.15) is 0 Å². The Labute approximate surface area is 153 Å². The lowest BCUT2D eigenvalue weighted by Gasteiger charge is -2.46. The summed E-state index contributed by atoms with van der Waals surface area (Å²) in [4.78, 5) is 13.2.